The van der Waals surface area contributed by atoms with E-state index in [2.05, 4.69) is 41.5 Å². The molecule has 33 heavy (non-hydrogen) atoms. The first-order valence-corrected chi connectivity index (χ1v) is 14.9. The number of benzene rings is 2. The lowest BCUT2D eigenvalue weighted by Crippen LogP contribution is -2.50. The lowest BCUT2D eigenvalue weighted by Gasteiger charge is -2.42. The van der Waals surface area contributed by atoms with E-state index >= 15 is 0 Å². The van der Waals surface area contributed by atoms with Crippen LogP contribution in [0.4, 0.5) is 0 Å². The molecule has 2 aromatic carbocycles. The van der Waals surface area contributed by atoms with Crippen LogP contribution in [-0.4, -0.2) is 35.6 Å². The Kier molecular flexibility index (Phi) is 9.15. The molecule has 1 atom stereocenters. The topological polar surface area (TPSA) is 82.1 Å². The van der Waals surface area contributed by atoms with E-state index in [1.54, 1.807) is 37.4 Å². The number of aryl methyl sites for hydroxylation is 1. The van der Waals surface area contributed by atoms with E-state index < -0.39 is 31.1 Å². The minimum atomic E-state index is -3.97. The summed E-state index contributed by atoms with van der Waals surface area (Å²) in [6.07, 6.45) is -1.15. The molecule has 6 nitrogen and oxygen atoms in total. The van der Waals surface area contributed by atoms with Crippen LogP contribution in [0.5, 0.6) is 11.5 Å². The third-order valence-corrected chi connectivity index (χ3v) is 13.5. The number of ether oxygens (including phenoxy) is 1. The van der Waals surface area contributed by atoms with Gasteiger partial charge in [-0.1, -0.05) is 65.3 Å². The van der Waals surface area contributed by atoms with Crippen molar-refractivity contribution < 1.29 is 26.9 Å². The summed E-state index contributed by atoms with van der Waals surface area (Å²) in [4.78, 5) is 0.0561. The highest BCUT2D eigenvalue weighted by molar-refractivity contribution is 7.86. The zero-order chi connectivity index (χ0) is 25.0. The molecule has 184 valence electrons. The zero-order valence-corrected chi connectivity index (χ0v) is 22.8. The Morgan fingerprint density at radius 1 is 0.879 bits per heavy atom. The van der Waals surface area contributed by atoms with Crippen molar-refractivity contribution in [1.29, 1.82) is 0 Å². The molecule has 0 radical (unpaired) electrons. The normalized spacial score (nSPS) is 13.6. The maximum atomic E-state index is 12.5. The van der Waals surface area contributed by atoms with Gasteiger partial charge in [0.05, 0.1) is 18.6 Å². The van der Waals surface area contributed by atoms with Crippen molar-refractivity contribution in [2.75, 3.05) is 13.7 Å². The van der Waals surface area contributed by atoms with E-state index in [1.807, 2.05) is 6.92 Å². The Labute approximate surface area is 200 Å². The molecular weight excluding hydrogens is 456 g/mol. The molecule has 0 heterocycles. The summed E-state index contributed by atoms with van der Waals surface area (Å²) in [7, 11) is -4.65. The lowest BCUT2D eigenvalue weighted by molar-refractivity contribution is 0.111. The van der Waals surface area contributed by atoms with Crippen LogP contribution in [0.2, 0.25) is 16.6 Å². The fourth-order valence-electron chi connectivity index (χ4n) is 4.55. The van der Waals surface area contributed by atoms with Crippen LogP contribution in [0.15, 0.2) is 47.4 Å². The molecule has 0 amide bonds. The number of hydrogen-bond acceptors (Lipinski definition) is 6. The lowest BCUT2D eigenvalue weighted by atomic mass is 10.1. The quantitative estimate of drug-likeness (QED) is 0.305. The van der Waals surface area contributed by atoms with Crippen LogP contribution in [0, 0.1) is 6.92 Å². The summed E-state index contributed by atoms with van der Waals surface area (Å²) < 4.78 is 42.4. The van der Waals surface area contributed by atoms with Crippen LogP contribution in [-0.2, 0) is 14.3 Å². The van der Waals surface area contributed by atoms with Gasteiger partial charge in [-0.3, -0.25) is 4.18 Å². The molecule has 0 aliphatic rings. The standard InChI is InChI=1S/C25H38O6SSi/c1-17(2)33(18(3)4,19(5)6)31-25-15-21(11-14-24(25)29-8)23(26)16-30-32(27,28)22-12-9-20(7)10-13-22/h9-15,17-19,23,26H,16H2,1-8H3/t23-/m1/s1. The third kappa shape index (κ3) is 6.18. The van der Waals surface area contributed by atoms with E-state index in [4.69, 9.17) is 13.3 Å². The van der Waals surface area contributed by atoms with E-state index in [1.165, 1.54) is 12.1 Å². The van der Waals surface area contributed by atoms with Crippen molar-refractivity contribution in [3.05, 3.63) is 53.6 Å². The van der Waals surface area contributed by atoms with Crippen molar-refractivity contribution in [3.8, 4) is 11.5 Å². The van der Waals surface area contributed by atoms with Crippen LogP contribution in [0.25, 0.3) is 0 Å². The summed E-state index contributed by atoms with van der Waals surface area (Å²) in [6, 6.07) is 11.6. The van der Waals surface area contributed by atoms with Gasteiger partial charge in [-0.15, -0.1) is 0 Å². The Morgan fingerprint density at radius 2 is 1.42 bits per heavy atom. The molecule has 0 unspecified atom stereocenters. The summed E-state index contributed by atoms with van der Waals surface area (Å²) in [6.45, 7) is 14.6. The van der Waals surface area contributed by atoms with Crippen molar-refractivity contribution in [1.82, 2.24) is 0 Å². The second-order valence-electron chi connectivity index (χ2n) is 9.40. The first-order chi connectivity index (χ1) is 15.3. The van der Waals surface area contributed by atoms with E-state index in [0.717, 1.165) is 5.56 Å². The largest absolute Gasteiger partial charge is 0.540 e. The van der Waals surface area contributed by atoms with E-state index in [-0.39, 0.29) is 4.90 Å². The minimum Gasteiger partial charge on any atom is -0.540 e. The number of methoxy groups -OCH3 is 1. The predicted molar refractivity (Wildman–Crippen MR) is 134 cm³/mol. The molecule has 0 saturated heterocycles. The molecular formula is C25H38O6SSi. The van der Waals surface area contributed by atoms with Gasteiger partial charge in [0.2, 0.25) is 0 Å². The zero-order valence-electron chi connectivity index (χ0n) is 21.0. The second kappa shape index (κ2) is 11.0. The molecule has 0 saturated carbocycles. The predicted octanol–water partition coefficient (Wildman–Crippen LogP) is 6.00. The Morgan fingerprint density at radius 3 is 1.91 bits per heavy atom. The van der Waals surface area contributed by atoms with Crippen LogP contribution >= 0.6 is 0 Å². The van der Waals surface area contributed by atoms with Crippen molar-refractivity contribution in [2.24, 2.45) is 0 Å². The van der Waals surface area contributed by atoms with Gasteiger partial charge in [0.15, 0.2) is 5.75 Å². The van der Waals surface area contributed by atoms with Gasteiger partial charge >= 0.3 is 0 Å². The van der Waals surface area contributed by atoms with Crippen molar-refractivity contribution in [3.63, 3.8) is 0 Å². The maximum absolute atomic E-state index is 12.5. The third-order valence-electron chi connectivity index (χ3n) is 6.26. The second-order valence-corrected chi connectivity index (χ2v) is 16.4. The molecule has 1 N–H and O–H groups in total. The van der Waals surface area contributed by atoms with Gasteiger partial charge in [0.1, 0.15) is 11.9 Å². The molecule has 0 aromatic heterocycles. The maximum Gasteiger partial charge on any atom is 0.297 e. The van der Waals surface area contributed by atoms with E-state index in [9.17, 15) is 13.5 Å². The minimum absolute atomic E-state index is 0.0561. The van der Waals surface area contributed by atoms with Gasteiger partial charge < -0.3 is 14.3 Å². The van der Waals surface area contributed by atoms with Crippen LogP contribution in [0.3, 0.4) is 0 Å². The highest BCUT2D eigenvalue weighted by Crippen LogP contribution is 2.45. The summed E-state index contributed by atoms with van der Waals surface area (Å²) in [5, 5.41) is 10.7. The molecule has 0 aliphatic heterocycles. The number of rotatable bonds is 11. The molecule has 2 rings (SSSR count). The molecule has 8 heteroatoms. The monoisotopic (exact) mass is 494 g/mol. The highest BCUT2D eigenvalue weighted by atomic mass is 32.2. The summed E-state index contributed by atoms with van der Waals surface area (Å²) >= 11 is 0. The van der Waals surface area contributed by atoms with Gasteiger partial charge in [-0.2, -0.15) is 8.42 Å². The first kappa shape index (κ1) is 27.4. The Bertz CT molecular complexity index is 994. The summed E-state index contributed by atoms with van der Waals surface area (Å²) in [5.74, 6) is 1.15. The van der Waals surface area contributed by atoms with Crippen LogP contribution in [0.1, 0.15) is 58.8 Å². The smallest absolute Gasteiger partial charge is 0.297 e. The SMILES string of the molecule is COc1ccc([C@H](O)COS(=O)(=O)c2ccc(C)cc2)cc1O[Si](C(C)C)(C(C)C)C(C)C. The van der Waals surface area contributed by atoms with E-state index in [0.29, 0.717) is 33.7 Å². The summed E-state index contributed by atoms with van der Waals surface area (Å²) in [5.41, 5.74) is 2.53. The molecule has 0 bridgehead atoms. The van der Waals surface area contributed by atoms with Gasteiger partial charge in [0.25, 0.3) is 18.4 Å². The average Bonchev–Trinajstić information content (AvgIpc) is 2.75. The molecule has 0 spiro atoms. The van der Waals surface area contributed by atoms with Crippen molar-refractivity contribution >= 4 is 18.4 Å². The molecule has 2 aromatic rings. The molecule has 0 aliphatic carbocycles. The van der Waals surface area contributed by atoms with Gasteiger partial charge in [-0.25, -0.2) is 0 Å². The van der Waals surface area contributed by atoms with Gasteiger partial charge in [0, 0.05) is 0 Å². The highest BCUT2D eigenvalue weighted by Gasteiger charge is 2.47. The average molecular weight is 495 g/mol. The van der Waals surface area contributed by atoms with Crippen molar-refractivity contribution in [2.45, 2.75) is 76.1 Å². The fraction of sp³-hybridized carbons (Fsp3) is 0.520. The number of aliphatic hydroxyl groups is 1. The molecule has 0 fully saturated rings. The number of aliphatic hydroxyl groups excluding tert-OH is 1. The Balaban J connectivity index is 2.30. The number of hydrogen-bond donors (Lipinski definition) is 1. The van der Waals surface area contributed by atoms with Gasteiger partial charge in [-0.05, 0) is 53.4 Å². The fourth-order valence-corrected chi connectivity index (χ4v) is 10.7. The van der Waals surface area contributed by atoms with Crippen LogP contribution < -0.4 is 9.16 Å². The first-order valence-electron chi connectivity index (χ1n) is 11.4. The Hall–Kier alpha value is -1.87.